The van der Waals surface area contributed by atoms with Crippen LogP contribution >= 0.6 is 0 Å². The number of nitrogens with two attached hydrogens (primary N) is 1. The molecule has 0 saturated carbocycles. The molecule has 5 nitrogen and oxygen atoms in total. The summed E-state index contributed by atoms with van der Waals surface area (Å²) in [5.74, 6) is 0.551. The van der Waals surface area contributed by atoms with E-state index in [9.17, 15) is 0 Å². The van der Waals surface area contributed by atoms with Crippen LogP contribution in [0.25, 0.3) is 0 Å². The summed E-state index contributed by atoms with van der Waals surface area (Å²) in [6.45, 7) is 5.01. The van der Waals surface area contributed by atoms with Gasteiger partial charge in [0.1, 0.15) is 0 Å². The van der Waals surface area contributed by atoms with Crippen LogP contribution < -0.4 is 11.1 Å². The Bertz CT molecular complexity index is 321. The van der Waals surface area contributed by atoms with E-state index in [1.807, 2.05) is 26.0 Å². The number of nitrogens with zero attached hydrogens (tertiary/aromatic N) is 3. The van der Waals surface area contributed by atoms with E-state index >= 15 is 0 Å². The average Bonchev–Trinajstić information content (AvgIpc) is 2.18. The van der Waals surface area contributed by atoms with Gasteiger partial charge < -0.3 is 11.1 Å². The lowest BCUT2D eigenvalue weighted by Crippen LogP contribution is -2.07. The molecule has 0 bridgehead atoms. The fourth-order valence-corrected chi connectivity index (χ4v) is 0.861. The lowest BCUT2D eigenvalue weighted by molar-refractivity contribution is 0.895. The van der Waals surface area contributed by atoms with Crippen molar-refractivity contribution in [2.45, 2.75) is 13.8 Å². The Hall–Kier alpha value is -1.49. The lowest BCUT2D eigenvalue weighted by atomic mass is 10.4. The van der Waals surface area contributed by atoms with Gasteiger partial charge in [-0.15, -0.1) is 5.10 Å². The Kier molecular flexibility index (Phi) is 4.00. The van der Waals surface area contributed by atoms with Crippen LogP contribution in [0.2, 0.25) is 0 Å². The van der Waals surface area contributed by atoms with E-state index < -0.39 is 0 Å². The van der Waals surface area contributed by atoms with E-state index in [1.165, 1.54) is 0 Å². The summed E-state index contributed by atoms with van der Waals surface area (Å²) in [5.41, 5.74) is 7.04. The summed E-state index contributed by atoms with van der Waals surface area (Å²) >= 11 is 0. The van der Waals surface area contributed by atoms with Gasteiger partial charge in [-0.25, -0.2) is 4.98 Å². The predicted molar refractivity (Wildman–Crippen MR) is 56.0 cm³/mol. The maximum atomic E-state index is 5.29. The van der Waals surface area contributed by atoms with Crippen LogP contribution in [0.5, 0.6) is 0 Å². The van der Waals surface area contributed by atoms with Gasteiger partial charge in [-0.2, -0.15) is 5.10 Å². The average molecular weight is 193 g/mol. The summed E-state index contributed by atoms with van der Waals surface area (Å²) < 4.78 is 0. The molecule has 0 fully saturated rings. The highest BCUT2D eigenvalue weighted by molar-refractivity contribution is 5.25. The fraction of sp³-hybridized carbons (Fsp3) is 0.444. The highest BCUT2D eigenvalue weighted by atomic mass is 15.2. The van der Waals surface area contributed by atoms with Crippen molar-refractivity contribution < 1.29 is 0 Å². The molecule has 0 unspecified atom stereocenters. The van der Waals surface area contributed by atoms with E-state index in [0.717, 1.165) is 11.4 Å². The molecular formula is C9H15N5. The molecule has 0 saturated heterocycles. The molecule has 0 aliphatic heterocycles. The summed E-state index contributed by atoms with van der Waals surface area (Å²) in [6, 6.07) is 0. The fourth-order valence-electron chi connectivity index (χ4n) is 0.861. The van der Waals surface area contributed by atoms with E-state index in [1.54, 1.807) is 0 Å². The second-order valence-electron chi connectivity index (χ2n) is 2.89. The van der Waals surface area contributed by atoms with Gasteiger partial charge in [0.05, 0.1) is 11.4 Å². The number of hydrogen-bond acceptors (Lipinski definition) is 5. The molecule has 5 heteroatoms. The van der Waals surface area contributed by atoms with Crippen molar-refractivity contribution in [3.8, 4) is 0 Å². The number of aromatic nitrogens is 3. The first-order valence-electron chi connectivity index (χ1n) is 4.51. The van der Waals surface area contributed by atoms with Crippen molar-refractivity contribution in [2.24, 2.45) is 5.73 Å². The molecule has 0 aliphatic carbocycles. The summed E-state index contributed by atoms with van der Waals surface area (Å²) in [6.07, 6.45) is 3.81. The lowest BCUT2D eigenvalue weighted by Gasteiger charge is -2.02. The molecule has 0 radical (unpaired) electrons. The molecular weight excluding hydrogens is 178 g/mol. The van der Waals surface area contributed by atoms with Crippen LogP contribution in [0, 0.1) is 13.8 Å². The highest BCUT2D eigenvalue weighted by Crippen LogP contribution is 2.00. The quantitative estimate of drug-likeness (QED) is 0.677. The number of hydrogen-bond donors (Lipinski definition) is 2. The molecule has 1 heterocycles. The molecule has 1 aromatic rings. The van der Waals surface area contributed by atoms with Gasteiger partial charge in [0.15, 0.2) is 0 Å². The van der Waals surface area contributed by atoms with Crippen LogP contribution in [0.3, 0.4) is 0 Å². The van der Waals surface area contributed by atoms with Crippen molar-refractivity contribution in [3.63, 3.8) is 0 Å². The Morgan fingerprint density at radius 3 is 2.64 bits per heavy atom. The first-order valence-corrected chi connectivity index (χ1v) is 4.51. The summed E-state index contributed by atoms with van der Waals surface area (Å²) in [7, 11) is 0. The maximum absolute atomic E-state index is 5.29. The third-order valence-corrected chi connectivity index (χ3v) is 1.77. The zero-order valence-corrected chi connectivity index (χ0v) is 8.49. The van der Waals surface area contributed by atoms with Crippen molar-refractivity contribution in [3.05, 3.63) is 23.5 Å². The van der Waals surface area contributed by atoms with Crippen molar-refractivity contribution >= 4 is 5.95 Å². The Morgan fingerprint density at radius 1 is 1.21 bits per heavy atom. The molecule has 1 rings (SSSR count). The van der Waals surface area contributed by atoms with Crippen molar-refractivity contribution in [1.29, 1.82) is 0 Å². The van der Waals surface area contributed by atoms with Gasteiger partial charge in [0, 0.05) is 13.1 Å². The van der Waals surface area contributed by atoms with Crippen molar-refractivity contribution in [1.82, 2.24) is 15.2 Å². The molecule has 14 heavy (non-hydrogen) atoms. The molecule has 76 valence electrons. The minimum Gasteiger partial charge on any atom is -0.349 e. The van der Waals surface area contributed by atoms with E-state index in [0.29, 0.717) is 19.0 Å². The highest BCUT2D eigenvalue weighted by Gasteiger charge is 1.98. The van der Waals surface area contributed by atoms with Gasteiger partial charge in [-0.1, -0.05) is 12.2 Å². The third-order valence-electron chi connectivity index (χ3n) is 1.77. The number of aryl methyl sites for hydroxylation is 2. The van der Waals surface area contributed by atoms with E-state index in [4.69, 9.17) is 5.73 Å². The van der Waals surface area contributed by atoms with Gasteiger partial charge in [0.25, 0.3) is 0 Å². The Balaban J connectivity index is 2.51. The van der Waals surface area contributed by atoms with Crippen LogP contribution in [-0.2, 0) is 0 Å². The van der Waals surface area contributed by atoms with Crippen LogP contribution in [0.1, 0.15) is 11.4 Å². The smallest absolute Gasteiger partial charge is 0.243 e. The zero-order chi connectivity index (χ0) is 10.4. The summed E-state index contributed by atoms with van der Waals surface area (Å²) in [4.78, 5) is 4.22. The van der Waals surface area contributed by atoms with Crippen LogP contribution in [-0.4, -0.2) is 28.3 Å². The monoisotopic (exact) mass is 193 g/mol. The first-order chi connectivity index (χ1) is 6.74. The molecule has 0 atom stereocenters. The van der Waals surface area contributed by atoms with Crippen molar-refractivity contribution in [2.75, 3.05) is 18.4 Å². The van der Waals surface area contributed by atoms with Gasteiger partial charge >= 0.3 is 0 Å². The molecule has 0 spiro atoms. The normalized spacial score (nSPS) is 10.8. The SMILES string of the molecule is Cc1nnc(NC/C=C/CN)nc1C. The number of anilines is 1. The largest absolute Gasteiger partial charge is 0.349 e. The Labute approximate surface area is 83.4 Å². The molecule has 1 aromatic heterocycles. The molecule has 0 aromatic carbocycles. The maximum Gasteiger partial charge on any atom is 0.243 e. The third kappa shape index (κ3) is 3.10. The minimum atomic E-state index is 0.549. The standard InChI is InChI=1S/C9H15N5/c1-7-8(2)13-14-9(12-7)11-6-4-3-5-10/h3-4H,5-6,10H2,1-2H3,(H,11,12,14)/b4-3+. The second kappa shape index (κ2) is 5.29. The number of nitrogens with one attached hydrogen (secondary N) is 1. The Morgan fingerprint density at radius 2 is 2.00 bits per heavy atom. The predicted octanol–water partition coefficient (Wildman–Crippen LogP) is 0.415. The number of rotatable bonds is 4. The van der Waals surface area contributed by atoms with Gasteiger partial charge in [-0.3, -0.25) is 0 Å². The van der Waals surface area contributed by atoms with Crippen LogP contribution in [0.4, 0.5) is 5.95 Å². The van der Waals surface area contributed by atoms with E-state index in [2.05, 4.69) is 20.5 Å². The van der Waals surface area contributed by atoms with Gasteiger partial charge in [-0.05, 0) is 13.8 Å². The van der Waals surface area contributed by atoms with Crippen LogP contribution in [0.15, 0.2) is 12.2 Å². The molecule has 0 amide bonds. The minimum absolute atomic E-state index is 0.549. The van der Waals surface area contributed by atoms with E-state index in [-0.39, 0.29) is 0 Å². The van der Waals surface area contributed by atoms with Gasteiger partial charge in [0.2, 0.25) is 5.95 Å². The first kappa shape index (κ1) is 10.6. The topological polar surface area (TPSA) is 76.7 Å². The molecule has 0 aliphatic rings. The molecule has 3 N–H and O–H groups in total. The summed E-state index contributed by atoms with van der Waals surface area (Å²) in [5, 5.41) is 10.9. The second-order valence-corrected chi connectivity index (χ2v) is 2.89. The zero-order valence-electron chi connectivity index (χ0n) is 8.49.